The van der Waals surface area contributed by atoms with Crippen LogP contribution in [0.3, 0.4) is 0 Å². The molecule has 1 nitrogen and oxygen atoms in total. The molecule has 0 aromatic heterocycles. The summed E-state index contributed by atoms with van der Waals surface area (Å²) in [5, 5.41) is 0.696. The van der Waals surface area contributed by atoms with Crippen molar-refractivity contribution >= 4 is 29.1 Å². The highest BCUT2D eigenvalue weighted by Crippen LogP contribution is 2.24. The van der Waals surface area contributed by atoms with Crippen LogP contribution in [-0.4, -0.2) is 11.5 Å². The van der Waals surface area contributed by atoms with Gasteiger partial charge in [-0.15, -0.1) is 11.8 Å². The van der Waals surface area contributed by atoms with Crippen molar-refractivity contribution in [3.63, 3.8) is 0 Å². The van der Waals surface area contributed by atoms with Crippen molar-refractivity contribution < 1.29 is 4.79 Å². The Bertz CT molecular complexity index is 626. The number of carbonyl (C=O) groups is 1. The van der Waals surface area contributed by atoms with E-state index in [1.165, 1.54) is 17.3 Å². The average molecular weight is 319 g/mol. The lowest BCUT2D eigenvalue weighted by Gasteiger charge is -2.18. The maximum atomic E-state index is 12.2. The summed E-state index contributed by atoms with van der Waals surface area (Å²) in [5.74, 6) is 0.565. The van der Waals surface area contributed by atoms with Gasteiger partial charge in [0.15, 0.2) is 5.78 Å². The van der Waals surface area contributed by atoms with Gasteiger partial charge in [0.25, 0.3) is 0 Å². The third-order valence-electron chi connectivity index (χ3n) is 3.24. The number of hydrogen-bond acceptors (Lipinski definition) is 2. The molecule has 0 fully saturated rings. The molecule has 0 amide bonds. The van der Waals surface area contributed by atoms with E-state index in [-0.39, 0.29) is 11.2 Å². The largest absolute Gasteiger partial charge is 0.293 e. The third kappa shape index (κ3) is 4.62. The first-order chi connectivity index (χ1) is 9.86. The zero-order valence-corrected chi connectivity index (χ0v) is 14.1. The normalized spacial score (nSPS) is 11.4. The lowest BCUT2D eigenvalue weighted by molar-refractivity contribution is 0.102. The van der Waals surface area contributed by atoms with Crippen LogP contribution in [0.1, 0.15) is 36.7 Å². The summed E-state index contributed by atoms with van der Waals surface area (Å²) in [6.45, 7) is 6.50. The molecule has 0 atom stereocenters. The fraction of sp³-hybridized carbons (Fsp3) is 0.278. The van der Waals surface area contributed by atoms with Crippen LogP contribution in [0.25, 0.3) is 0 Å². The van der Waals surface area contributed by atoms with Crippen LogP contribution in [0.4, 0.5) is 0 Å². The predicted octanol–water partition coefficient (Wildman–Crippen LogP) is 5.61. The predicted molar refractivity (Wildman–Crippen MR) is 91.6 cm³/mol. The van der Waals surface area contributed by atoms with Gasteiger partial charge in [-0.2, -0.15) is 0 Å². The molecule has 0 N–H and O–H groups in total. The first-order valence-corrected chi connectivity index (χ1v) is 8.25. The van der Waals surface area contributed by atoms with Crippen molar-refractivity contribution in [1.29, 1.82) is 0 Å². The van der Waals surface area contributed by atoms with E-state index in [2.05, 4.69) is 20.8 Å². The number of carbonyl (C=O) groups excluding carboxylic acids is 1. The molecule has 0 aliphatic heterocycles. The van der Waals surface area contributed by atoms with Crippen LogP contribution in [0, 0.1) is 0 Å². The second-order valence-corrected chi connectivity index (χ2v) is 7.48. The van der Waals surface area contributed by atoms with Crippen LogP contribution in [0.2, 0.25) is 5.02 Å². The Hall–Kier alpha value is -1.25. The van der Waals surface area contributed by atoms with E-state index in [0.29, 0.717) is 10.8 Å². The standard InChI is InChI=1S/C18H19ClOS/c1-18(2,3)14-9-7-13(8-10-14)17(20)12-21-16-6-4-5-15(19)11-16/h4-11H,12H2,1-3H3. The highest BCUT2D eigenvalue weighted by molar-refractivity contribution is 8.00. The van der Waals surface area contributed by atoms with Crippen LogP contribution in [0.5, 0.6) is 0 Å². The SMILES string of the molecule is CC(C)(C)c1ccc(C(=O)CSc2cccc(Cl)c2)cc1. The molecule has 2 aromatic carbocycles. The van der Waals surface area contributed by atoms with E-state index in [1.54, 1.807) is 0 Å². The van der Waals surface area contributed by atoms with Gasteiger partial charge in [0.1, 0.15) is 0 Å². The Morgan fingerprint density at radius 1 is 1.10 bits per heavy atom. The minimum Gasteiger partial charge on any atom is -0.293 e. The van der Waals surface area contributed by atoms with E-state index in [4.69, 9.17) is 11.6 Å². The van der Waals surface area contributed by atoms with Crippen molar-refractivity contribution in [2.45, 2.75) is 31.1 Å². The molecule has 0 aliphatic rings. The minimum atomic E-state index is 0.108. The molecule has 3 heteroatoms. The molecule has 0 unspecified atom stereocenters. The summed E-state index contributed by atoms with van der Waals surface area (Å²) >= 11 is 7.45. The molecule has 0 saturated carbocycles. The molecule has 0 saturated heterocycles. The van der Waals surface area contributed by atoms with Gasteiger partial charge in [-0.25, -0.2) is 0 Å². The zero-order valence-electron chi connectivity index (χ0n) is 12.5. The first-order valence-electron chi connectivity index (χ1n) is 6.88. The molecule has 21 heavy (non-hydrogen) atoms. The number of ketones is 1. The van der Waals surface area contributed by atoms with Crippen molar-refractivity contribution in [1.82, 2.24) is 0 Å². The Balaban J connectivity index is 2.00. The van der Waals surface area contributed by atoms with Gasteiger partial charge < -0.3 is 0 Å². The van der Waals surface area contributed by atoms with Crippen molar-refractivity contribution in [2.75, 3.05) is 5.75 Å². The van der Waals surface area contributed by atoms with E-state index in [0.717, 1.165) is 10.5 Å². The summed E-state index contributed by atoms with van der Waals surface area (Å²) in [6.07, 6.45) is 0. The van der Waals surface area contributed by atoms with Crippen LogP contribution in [0.15, 0.2) is 53.4 Å². The second kappa shape index (κ2) is 6.67. The van der Waals surface area contributed by atoms with Gasteiger partial charge in [0.2, 0.25) is 0 Å². The lowest BCUT2D eigenvalue weighted by Crippen LogP contribution is -2.11. The zero-order chi connectivity index (χ0) is 15.5. The van der Waals surface area contributed by atoms with Crippen molar-refractivity contribution in [2.24, 2.45) is 0 Å². The summed E-state index contributed by atoms with van der Waals surface area (Å²) in [7, 11) is 0. The summed E-state index contributed by atoms with van der Waals surface area (Å²) in [4.78, 5) is 13.2. The Labute approximate surface area is 135 Å². The summed E-state index contributed by atoms with van der Waals surface area (Å²) in [6, 6.07) is 15.5. The Morgan fingerprint density at radius 2 is 1.76 bits per heavy atom. The number of thioether (sulfide) groups is 1. The lowest BCUT2D eigenvalue weighted by atomic mass is 9.86. The molecule has 0 radical (unpaired) electrons. The van der Waals surface area contributed by atoms with Crippen LogP contribution >= 0.6 is 23.4 Å². The monoisotopic (exact) mass is 318 g/mol. The smallest absolute Gasteiger partial charge is 0.173 e. The number of rotatable bonds is 4. The van der Waals surface area contributed by atoms with Crippen LogP contribution in [-0.2, 0) is 5.41 Å². The molecule has 110 valence electrons. The maximum absolute atomic E-state index is 12.2. The molecular weight excluding hydrogens is 300 g/mol. The van der Waals surface area contributed by atoms with Crippen molar-refractivity contribution in [3.05, 3.63) is 64.7 Å². The Morgan fingerprint density at radius 3 is 2.33 bits per heavy atom. The first kappa shape index (κ1) is 16.1. The quantitative estimate of drug-likeness (QED) is 0.538. The topological polar surface area (TPSA) is 17.1 Å². The number of benzene rings is 2. The number of Topliss-reactive ketones (excluding diaryl/α,β-unsaturated/α-hetero) is 1. The maximum Gasteiger partial charge on any atom is 0.173 e. The van der Waals surface area contributed by atoms with Gasteiger partial charge in [-0.05, 0) is 29.2 Å². The second-order valence-electron chi connectivity index (χ2n) is 6.00. The molecule has 0 spiro atoms. The molecule has 0 bridgehead atoms. The van der Waals surface area contributed by atoms with Gasteiger partial charge in [0, 0.05) is 15.5 Å². The van der Waals surface area contributed by atoms with Gasteiger partial charge in [0.05, 0.1) is 5.75 Å². The molecule has 2 rings (SSSR count). The highest BCUT2D eigenvalue weighted by Gasteiger charge is 2.14. The van der Waals surface area contributed by atoms with Crippen molar-refractivity contribution in [3.8, 4) is 0 Å². The summed E-state index contributed by atoms with van der Waals surface area (Å²) in [5.41, 5.74) is 2.11. The highest BCUT2D eigenvalue weighted by atomic mass is 35.5. The van der Waals surface area contributed by atoms with E-state index in [1.807, 2.05) is 48.5 Å². The van der Waals surface area contributed by atoms with E-state index in [9.17, 15) is 4.79 Å². The van der Waals surface area contributed by atoms with Gasteiger partial charge >= 0.3 is 0 Å². The Kier molecular flexibility index (Phi) is 5.13. The molecule has 0 aliphatic carbocycles. The van der Waals surface area contributed by atoms with Gasteiger partial charge in [-0.1, -0.05) is 62.7 Å². The third-order valence-corrected chi connectivity index (χ3v) is 4.47. The fourth-order valence-corrected chi connectivity index (χ4v) is 3.05. The van der Waals surface area contributed by atoms with Gasteiger partial charge in [-0.3, -0.25) is 4.79 Å². The number of hydrogen-bond donors (Lipinski definition) is 0. The van der Waals surface area contributed by atoms with Crippen LogP contribution < -0.4 is 0 Å². The minimum absolute atomic E-state index is 0.108. The number of halogens is 1. The van der Waals surface area contributed by atoms with E-state index >= 15 is 0 Å². The molecule has 0 heterocycles. The fourth-order valence-electron chi connectivity index (χ4n) is 1.95. The molecule has 2 aromatic rings. The average Bonchev–Trinajstić information content (AvgIpc) is 2.44. The summed E-state index contributed by atoms with van der Waals surface area (Å²) < 4.78 is 0. The molecular formula is C18H19ClOS. The van der Waals surface area contributed by atoms with E-state index < -0.39 is 0 Å².